The summed E-state index contributed by atoms with van der Waals surface area (Å²) in [6, 6.07) is 0.535. The Morgan fingerprint density at radius 1 is 1.38 bits per heavy atom. The molecule has 7 heteroatoms. The minimum atomic E-state index is -0.195. The lowest BCUT2D eigenvalue weighted by molar-refractivity contribution is -0.122. The zero-order valence-electron chi connectivity index (χ0n) is 14.5. The SMILES string of the molecule is C=CCCC(=O)NC1CCC(n2cc(C(=O)NC(C)C)nn2)CC1. The molecule has 2 rings (SSSR count). The topological polar surface area (TPSA) is 88.9 Å². The molecule has 0 atom stereocenters. The Labute approximate surface area is 142 Å². The molecule has 0 radical (unpaired) electrons. The largest absolute Gasteiger partial charge is 0.353 e. The van der Waals surface area contributed by atoms with Gasteiger partial charge in [0.15, 0.2) is 5.69 Å². The first-order valence-electron chi connectivity index (χ1n) is 8.62. The van der Waals surface area contributed by atoms with Crippen LogP contribution in [-0.2, 0) is 4.79 Å². The minimum absolute atomic E-state index is 0.0720. The van der Waals surface area contributed by atoms with Crippen molar-refractivity contribution in [3.05, 3.63) is 24.5 Å². The van der Waals surface area contributed by atoms with Crippen LogP contribution in [0.4, 0.5) is 0 Å². The van der Waals surface area contributed by atoms with E-state index in [9.17, 15) is 9.59 Å². The number of hydrogen-bond donors (Lipinski definition) is 2. The molecule has 0 unspecified atom stereocenters. The molecule has 1 aliphatic rings. The number of carbonyl (C=O) groups excluding carboxylic acids is 2. The second kappa shape index (κ2) is 8.61. The maximum atomic E-state index is 11.9. The first-order valence-corrected chi connectivity index (χ1v) is 8.62. The van der Waals surface area contributed by atoms with Crippen molar-refractivity contribution in [2.45, 2.75) is 70.5 Å². The average Bonchev–Trinajstić information content (AvgIpc) is 3.03. The third-order valence-electron chi connectivity index (χ3n) is 4.17. The Hall–Kier alpha value is -2.18. The maximum Gasteiger partial charge on any atom is 0.273 e. The molecule has 1 heterocycles. The van der Waals surface area contributed by atoms with Crippen LogP contribution in [0, 0.1) is 0 Å². The summed E-state index contributed by atoms with van der Waals surface area (Å²) in [5.41, 5.74) is 0.351. The van der Waals surface area contributed by atoms with Crippen LogP contribution in [0.3, 0.4) is 0 Å². The van der Waals surface area contributed by atoms with Crippen molar-refractivity contribution in [1.82, 2.24) is 25.6 Å². The number of nitrogens with zero attached hydrogens (tertiary/aromatic N) is 3. The third kappa shape index (κ3) is 5.18. The van der Waals surface area contributed by atoms with Crippen molar-refractivity contribution in [2.75, 3.05) is 0 Å². The van der Waals surface area contributed by atoms with E-state index in [1.807, 2.05) is 13.8 Å². The molecule has 24 heavy (non-hydrogen) atoms. The molecule has 1 fully saturated rings. The van der Waals surface area contributed by atoms with Gasteiger partial charge in [0.05, 0.1) is 12.2 Å². The Kier molecular flexibility index (Phi) is 6.52. The second-order valence-electron chi connectivity index (χ2n) is 6.61. The fourth-order valence-corrected chi connectivity index (χ4v) is 2.91. The molecule has 0 aromatic carbocycles. The van der Waals surface area contributed by atoms with Gasteiger partial charge in [-0.25, -0.2) is 4.68 Å². The Bertz CT molecular complexity index is 573. The van der Waals surface area contributed by atoms with Crippen molar-refractivity contribution < 1.29 is 9.59 Å². The Morgan fingerprint density at radius 2 is 2.08 bits per heavy atom. The summed E-state index contributed by atoms with van der Waals surface area (Å²) < 4.78 is 1.78. The second-order valence-corrected chi connectivity index (χ2v) is 6.61. The molecule has 0 spiro atoms. The highest BCUT2D eigenvalue weighted by atomic mass is 16.2. The van der Waals surface area contributed by atoms with E-state index in [2.05, 4.69) is 27.5 Å². The van der Waals surface area contributed by atoms with Gasteiger partial charge in [-0.2, -0.15) is 0 Å². The van der Waals surface area contributed by atoms with Gasteiger partial charge in [0.25, 0.3) is 5.91 Å². The number of hydrogen-bond acceptors (Lipinski definition) is 4. The van der Waals surface area contributed by atoms with E-state index in [-0.39, 0.29) is 29.9 Å². The quantitative estimate of drug-likeness (QED) is 0.747. The molecular weight excluding hydrogens is 306 g/mol. The average molecular weight is 333 g/mol. The summed E-state index contributed by atoms with van der Waals surface area (Å²) in [7, 11) is 0. The molecular formula is C17H27N5O2. The first-order chi connectivity index (χ1) is 11.5. The van der Waals surface area contributed by atoms with Gasteiger partial charge in [0.2, 0.25) is 5.91 Å². The summed E-state index contributed by atoms with van der Waals surface area (Å²) >= 11 is 0. The van der Waals surface area contributed by atoms with Crippen molar-refractivity contribution >= 4 is 11.8 Å². The van der Waals surface area contributed by atoms with Crippen LogP contribution in [0.25, 0.3) is 0 Å². The van der Waals surface area contributed by atoms with Crippen molar-refractivity contribution in [1.29, 1.82) is 0 Å². The van der Waals surface area contributed by atoms with Crippen molar-refractivity contribution in [2.24, 2.45) is 0 Å². The number of amides is 2. The normalized spacial score (nSPS) is 20.6. The molecule has 1 aromatic rings. The highest BCUT2D eigenvalue weighted by Gasteiger charge is 2.25. The lowest BCUT2D eigenvalue weighted by Crippen LogP contribution is -2.37. The van der Waals surface area contributed by atoms with Crippen LogP contribution in [0.15, 0.2) is 18.9 Å². The lowest BCUT2D eigenvalue weighted by Gasteiger charge is -2.28. The maximum absolute atomic E-state index is 11.9. The van der Waals surface area contributed by atoms with Gasteiger partial charge in [-0.3, -0.25) is 9.59 Å². The predicted octanol–water partition coefficient (Wildman–Crippen LogP) is 1.98. The number of aromatic nitrogens is 3. The fourth-order valence-electron chi connectivity index (χ4n) is 2.91. The van der Waals surface area contributed by atoms with E-state index >= 15 is 0 Å². The zero-order valence-corrected chi connectivity index (χ0v) is 14.5. The molecule has 0 aliphatic heterocycles. The van der Waals surface area contributed by atoms with Crippen LogP contribution in [0.1, 0.15) is 68.9 Å². The van der Waals surface area contributed by atoms with Gasteiger partial charge >= 0.3 is 0 Å². The standard InChI is InChI=1S/C17H27N5O2/c1-4-5-6-16(23)19-13-7-9-14(10-8-13)22-11-15(20-21-22)17(24)18-12(2)3/h4,11-14H,1,5-10H2,2-3H3,(H,18,24)(H,19,23). The molecule has 0 bridgehead atoms. The van der Waals surface area contributed by atoms with Crippen LogP contribution in [-0.4, -0.2) is 38.9 Å². The predicted molar refractivity (Wildman–Crippen MR) is 91.5 cm³/mol. The van der Waals surface area contributed by atoms with E-state index in [0.29, 0.717) is 18.5 Å². The smallest absolute Gasteiger partial charge is 0.273 e. The summed E-state index contributed by atoms with van der Waals surface area (Å²) in [6.45, 7) is 7.45. The molecule has 0 saturated heterocycles. The van der Waals surface area contributed by atoms with Gasteiger partial charge in [-0.1, -0.05) is 11.3 Å². The minimum Gasteiger partial charge on any atom is -0.353 e. The van der Waals surface area contributed by atoms with Crippen molar-refractivity contribution in [3.8, 4) is 0 Å². The van der Waals surface area contributed by atoms with E-state index in [1.54, 1.807) is 17.0 Å². The van der Waals surface area contributed by atoms with Crippen molar-refractivity contribution in [3.63, 3.8) is 0 Å². The Balaban J connectivity index is 1.82. The van der Waals surface area contributed by atoms with E-state index in [1.165, 1.54) is 0 Å². The van der Waals surface area contributed by atoms with E-state index in [4.69, 9.17) is 0 Å². The summed E-state index contributed by atoms with van der Waals surface area (Å²) in [4.78, 5) is 23.7. The first kappa shape index (κ1) is 18.2. The van der Waals surface area contributed by atoms with E-state index in [0.717, 1.165) is 25.7 Å². The number of allylic oxidation sites excluding steroid dienone is 1. The van der Waals surface area contributed by atoms with Gasteiger partial charge in [0.1, 0.15) is 0 Å². The molecule has 1 saturated carbocycles. The van der Waals surface area contributed by atoms with E-state index < -0.39 is 0 Å². The van der Waals surface area contributed by atoms with Crippen LogP contribution < -0.4 is 10.6 Å². The van der Waals surface area contributed by atoms with Crippen LogP contribution >= 0.6 is 0 Å². The van der Waals surface area contributed by atoms with Crippen LogP contribution in [0.5, 0.6) is 0 Å². The number of rotatable bonds is 7. The summed E-state index contributed by atoms with van der Waals surface area (Å²) in [5.74, 6) is -0.105. The number of carbonyl (C=O) groups is 2. The van der Waals surface area contributed by atoms with Gasteiger partial charge in [0, 0.05) is 18.5 Å². The summed E-state index contributed by atoms with van der Waals surface area (Å²) in [5, 5.41) is 14.0. The molecule has 1 aliphatic carbocycles. The van der Waals surface area contributed by atoms with Gasteiger partial charge in [-0.15, -0.1) is 11.7 Å². The highest BCUT2D eigenvalue weighted by molar-refractivity contribution is 5.91. The molecule has 2 amide bonds. The number of nitrogens with one attached hydrogen (secondary N) is 2. The van der Waals surface area contributed by atoms with Gasteiger partial charge in [-0.05, 0) is 46.0 Å². The summed E-state index contributed by atoms with van der Waals surface area (Å²) in [6.07, 6.45) is 8.35. The zero-order chi connectivity index (χ0) is 17.5. The van der Waals surface area contributed by atoms with Crippen LogP contribution in [0.2, 0.25) is 0 Å². The molecule has 132 valence electrons. The monoisotopic (exact) mass is 333 g/mol. The molecule has 7 nitrogen and oxygen atoms in total. The fraction of sp³-hybridized carbons (Fsp3) is 0.647. The molecule has 1 aromatic heterocycles. The Morgan fingerprint density at radius 3 is 2.71 bits per heavy atom. The highest BCUT2D eigenvalue weighted by Crippen LogP contribution is 2.28. The lowest BCUT2D eigenvalue weighted by atomic mass is 9.91. The molecule has 2 N–H and O–H groups in total. The van der Waals surface area contributed by atoms with Gasteiger partial charge < -0.3 is 10.6 Å². The third-order valence-corrected chi connectivity index (χ3v) is 4.17.